The molecular formula is C18H26BrN5O3S2. The molecule has 8 nitrogen and oxygen atoms in total. The molecule has 11 heteroatoms. The molecule has 3 N–H and O–H groups in total. The Hall–Kier alpha value is -1.43. The molecule has 0 spiro atoms. The van der Waals surface area contributed by atoms with Crippen LogP contribution in [-0.4, -0.2) is 47.4 Å². The van der Waals surface area contributed by atoms with E-state index in [1.165, 1.54) is 11.8 Å². The average Bonchev–Trinajstić information content (AvgIpc) is 2.59. The number of aliphatic hydroxyl groups is 1. The Balaban J connectivity index is 2.32. The number of halogens is 1. The van der Waals surface area contributed by atoms with Gasteiger partial charge in [0.25, 0.3) is 0 Å². The van der Waals surface area contributed by atoms with Gasteiger partial charge in [-0.25, -0.2) is 8.42 Å². The number of benzene rings is 1. The third-order valence-corrected chi connectivity index (χ3v) is 6.10. The molecule has 1 heterocycles. The lowest BCUT2D eigenvalue weighted by molar-refractivity contribution is 0.259. The van der Waals surface area contributed by atoms with Crippen molar-refractivity contribution in [3.8, 4) is 0 Å². The van der Waals surface area contributed by atoms with E-state index in [4.69, 9.17) is 0 Å². The lowest BCUT2D eigenvalue weighted by Gasteiger charge is -2.19. The van der Waals surface area contributed by atoms with Crippen LogP contribution in [0.25, 0.3) is 0 Å². The topological polar surface area (TPSA) is 117 Å². The van der Waals surface area contributed by atoms with Crippen molar-refractivity contribution < 1.29 is 13.5 Å². The highest BCUT2D eigenvalue weighted by atomic mass is 79.9. The first-order chi connectivity index (χ1) is 13.6. The van der Waals surface area contributed by atoms with E-state index in [-0.39, 0.29) is 29.8 Å². The third kappa shape index (κ3) is 8.07. The van der Waals surface area contributed by atoms with Gasteiger partial charge >= 0.3 is 0 Å². The second-order valence-corrected chi connectivity index (χ2v) is 11.0. The Morgan fingerprint density at radius 3 is 2.38 bits per heavy atom. The number of hydrogen-bond donors (Lipinski definition) is 3. The van der Waals surface area contributed by atoms with Crippen LogP contribution in [0.2, 0.25) is 0 Å². The maximum atomic E-state index is 11.7. The van der Waals surface area contributed by atoms with Crippen LogP contribution < -0.4 is 10.0 Å². The molecule has 0 aliphatic rings. The van der Waals surface area contributed by atoms with E-state index in [2.05, 4.69) is 54.8 Å². The Morgan fingerprint density at radius 1 is 1.14 bits per heavy atom. The fourth-order valence-electron chi connectivity index (χ4n) is 2.64. The van der Waals surface area contributed by atoms with Crippen LogP contribution in [0, 0.1) is 5.92 Å². The lowest BCUT2D eigenvalue weighted by atomic mass is 10.0. The maximum absolute atomic E-state index is 11.7. The van der Waals surface area contributed by atoms with Crippen LogP contribution in [0.5, 0.6) is 0 Å². The second kappa shape index (κ2) is 10.6. The summed E-state index contributed by atoms with van der Waals surface area (Å²) in [7, 11) is -3.55. The SMILES string of the molecule is CC(C)C[C@H](CO)Nc1nc(NS(C)(=O)=O)nc(SC(C)c2ccccc2Br)n1. The van der Waals surface area contributed by atoms with E-state index >= 15 is 0 Å². The zero-order valence-electron chi connectivity index (χ0n) is 16.8. The number of nitrogens with one attached hydrogen (secondary N) is 2. The summed E-state index contributed by atoms with van der Waals surface area (Å²) in [6.45, 7) is 6.03. The minimum atomic E-state index is -3.55. The largest absolute Gasteiger partial charge is 0.394 e. The summed E-state index contributed by atoms with van der Waals surface area (Å²) in [6.07, 6.45) is 1.75. The highest BCUT2D eigenvalue weighted by molar-refractivity contribution is 9.10. The van der Waals surface area contributed by atoms with Crippen molar-refractivity contribution in [2.75, 3.05) is 22.9 Å². The number of sulfonamides is 1. The monoisotopic (exact) mass is 503 g/mol. The number of hydrogen-bond acceptors (Lipinski definition) is 8. The fourth-order valence-corrected chi connectivity index (χ4v) is 4.77. The van der Waals surface area contributed by atoms with Crippen molar-refractivity contribution in [2.24, 2.45) is 5.92 Å². The average molecular weight is 504 g/mol. The van der Waals surface area contributed by atoms with Gasteiger partial charge in [0.15, 0.2) is 5.16 Å². The molecule has 0 bridgehead atoms. The Morgan fingerprint density at radius 2 is 1.79 bits per heavy atom. The second-order valence-electron chi connectivity index (χ2n) is 7.07. The van der Waals surface area contributed by atoms with Crippen LogP contribution in [0.3, 0.4) is 0 Å². The molecule has 0 aliphatic carbocycles. The number of thioether (sulfide) groups is 1. The smallest absolute Gasteiger partial charge is 0.242 e. The van der Waals surface area contributed by atoms with Crippen molar-refractivity contribution in [1.29, 1.82) is 0 Å². The summed E-state index contributed by atoms with van der Waals surface area (Å²) in [5.41, 5.74) is 1.07. The van der Waals surface area contributed by atoms with Crippen LogP contribution in [0.15, 0.2) is 33.9 Å². The van der Waals surface area contributed by atoms with Gasteiger partial charge in [-0.15, -0.1) is 0 Å². The lowest BCUT2D eigenvalue weighted by Crippen LogP contribution is -2.27. The predicted octanol–water partition coefficient (Wildman–Crippen LogP) is 3.68. The van der Waals surface area contributed by atoms with E-state index in [9.17, 15) is 13.5 Å². The fraction of sp³-hybridized carbons (Fsp3) is 0.500. The summed E-state index contributed by atoms with van der Waals surface area (Å²) in [6, 6.07) is 7.60. The summed E-state index contributed by atoms with van der Waals surface area (Å²) in [5.74, 6) is 0.514. The molecule has 1 unspecified atom stereocenters. The molecule has 2 atom stereocenters. The first kappa shape index (κ1) is 23.8. The summed E-state index contributed by atoms with van der Waals surface area (Å²) >= 11 is 4.93. The minimum absolute atomic E-state index is 0.0104. The molecule has 29 heavy (non-hydrogen) atoms. The molecular weight excluding hydrogens is 478 g/mol. The van der Waals surface area contributed by atoms with Crippen molar-refractivity contribution in [3.63, 3.8) is 0 Å². The van der Waals surface area contributed by atoms with E-state index in [0.29, 0.717) is 17.5 Å². The minimum Gasteiger partial charge on any atom is -0.394 e. The van der Waals surface area contributed by atoms with Gasteiger partial charge in [0, 0.05) is 9.72 Å². The summed E-state index contributed by atoms with van der Waals surface area (Å²) < 4.78 is 26.6. The van der Waals surface area contributed by atoms with Gasteiger partial charge in [0.1, 0.15) is 0 Å². The molecule has 1 aromatic carbocycles. The quantitative estimate of drug-likeness (QED) is 0.420. The Kier molecular flexibility index (Phi) is 8.68. The van der Waals surface area contributed by atoms with Gasteiger partial charge in [0.05, 0.1) is 18.9 Å². The zero-order chi connectivity index (χ0) is 21.6. The third-order valence-electron chi connectivity index (χ3n) is 3.83. The number of rotatable bonds is 10. The standard InChI is InChI=1S/C18H26BrN5O3S2/c1-11(2)9-13(10-25)20-16-21-17(24-29(4,26)27)23-18(22-16)28-12(3)14-7-5-6-8-15(14)19/h5-8,11-13,25H,9-10H2,1-4H3,(H2,20,21,22,23,24)/t12?,13-/m1/s1. The molecule has 2 aromatic rings. The van der Waals surface area contributed by atoms with Crippen molar-refractivity contribution in [2.45, 2.75) is 43.6 Å². The van der Waals surface area contributed by atoms with E-state index in [1.807, 2.05) is 31.2 Å². The van der Waals surface area contributed by atoms with Crippen LogP contribution in [-0.2, 0) is 10.0 Å². The van der Waals surface area contributed by atoms with Gasteiger partial charge < -0.3 is 10.4 Å². The molecule has 0 fully saturated rings. The van der Waals surface area contributed by atoms with Gasteiger partial charge in [-0.3, -0.25) is 4.72 Å². The highest BCUT2D eigenvalue weighted by Gasteiger charge is 2.18. The van der Waals surface area contributed by atoms with Gasteiger partial charge in [0.2, 0.25) is 21.9 Å². The van der Waals surface area contributed by atoms with E-state index < -0.39 is 10.0 Å². The first-order valence-corrected chi connectivity index (χ1v) is 12.7. The Labute approximate surface area is 184 Å². The molecule has 0 amide bonds. The van der Waals surface area contributed by atoms with Crippen LogP contribution in [0.4, 0.5) is 11.9 Å². The summed E-state index contributed by atoms with van der Waals surface area (Å²) in [4.78, 5) is 12.8. The van der Waals surface area contributed by atoms with Crippen molar-refractivity contribution in [3.05, 3.63) is 34.3 Å². The van der Waals surface area contributed by atoms with E-state index in [0.717, 1.165) is 16.3 Å². The van der Waals surface area contributed by atoms with Crippen LogP contribution in [0.1, 0.15) is 38.0 Å². The molecule has 0 saturated carbocycles. The van der Waals surface area contributed by atoms with Crippen molar-refractivity contribution in [1.82, 2.24) is 15.0 Å². The van der Waals surface area contributed by atoms with Gasteiger partial charge in [-0.2, -0.15) is 15.0 Å². The number of aromatic nitrogens is 3. The first-order valence-electron chi connectivity index (χ1n) is 9.09. The molecule has 0 radical (unpaired) electrons. The Bertz CT molecular complexity index is 927. The van der Waals surface area contributed by atoms with Crippen LogP contribution >= 0.6 is 27.7 Å². The summed E-state index contributed by atoms with van der Waals surface area (Å²) in [5, 5.41) is 13.1. The number of anilines is 2. The highest BCUT2D eigenvalue weighted by Crippen LogP contribution is 2.36. The van der Waals surface area contributed by atoms with Crippen molar-refractivity contribution >= 4 is 49.6 Å². The molecule has 0 saturated heterocycles. The molecule has 160 valence electrons. The van der Waals surface area contributed by atoms with Gasteiger partial charge in [-0.05, 0) is 30.9 Å². The maximum Gasteiger partial charge on any atom is 0.242 e. The molecule has 2 rings (SSSR count). The number of nitrogens with zero attached hydrogens (tertiary/aromatic N) is 3. The zero-order valence-corrected chi connectivity index (χ0v) is 20.0. The predicted molar refractivity (Wildman–Crippen MR) is 121 cm³/mol. The van der Waals surface area contributed by atoms with Gasteiger partial charge in [-0.1, -0.05) is 59.7 Å². The molecule has 1 aromatic heterocycles. The number of aliphatic hydroxyl groups excluding tert-OH is 1. The molecule has 0 aliphatic heterocycles. The normalized spacial score (nSPS) is 13.9. The van der Waals surface area contributed by atoms with E-state index in [1.54, 1.807) is 0 Å².